The summed E-state index contributed by atoms with van der Waals surface area (Å²) in [7, 11) is -0.709. The lowest BCUT2D eigenvalue weighted by molar-refractivity contribution is 0.546. The summed E-state index contributed by atoms with van der Waals surface area (Å²) in [5.41, 5.74) is 0. The van der Waals surface area contributed by atoms with E-state index in [1.807, 2.05) is 0 Å². The van der Waals surface area contributed by atoms with E-state index in [4.69, 9.17) is 0 Å². The van der Waals surface area contributed by atoms with Crippen LogP contribution in [0.3, 0.4) is 0 Å². The first-order valence-electron chi connectivity index (χ1n) is 21.5. The predicted octanol–water partition coefficient (Wildman–Crippen LogP) is 16.7. The fourth-order valence-corrected chi connectivity index (χ4v) is 11.0. The Morgan fingerprint density at radius 1 is 0.205 bits per heavy atom. The minimum Gasteiger partial charge on any atom is -0.0654 e. The largest absolute Gasteiger partial charge is 0.0654 e. The van der Waals surface area contributed by atoms with E-state index in [1.165, 1.54) is 231 Å². The smallest absolute Gasteiger partial charge is 0.0591 e. The molecule has 0 saturated heterocycles. The maximum absolute atomic E-state index is 2.79. The lowest BCUT2D eigenvalue weighted by atomic mass is 10.1. The van der Waals surface area contributed by atoms with Crippen LogP contribution in [0, 0.1) is 0 Å². The van der Waals surface area contributed by atoms with E-state index >= 15 is 0 Å². The third-order valence-electron chi connectivity index (χ3n) is 10.7. The van der Waals surface area contributed by atoms with Gasteiger partial charge in [-0.2, -0.15) is 0 Å². The van der Waals surface area contributed by atoms with Gasteiger partial charge in [0.1, 0.15) is 0 Å². The van der Waals surface area contributed by atoms with Crippen LogP contribution in [-0.2, 0) is 0 Å². The molecule has 0 saturated carbocycles. The Bertz CT molecular complexity index is 430. The molecule has 44 heavy (non-hydrogen) atoms. The van der Waals surface area contributed by atoms with Crippen molar-refractivity contribution in [3.63, 3.8) is 0 Å². The van der Waals surface area contributed by atoms with Crippen LogP contribution in [0.25, 0.3) is 0 Å². The molecule has 0 aromatic rings. The van der Waals surface area contributed by atoms with Gasteiger partial charge in [-0.15, -0.1) is 0 Å². The van der Waals surface area contributed by atoms with Crippen molar-refractivity contribution in [2.75, 3.05) is 25.2 Å². The zero-order valence-corrected chi connectivity index (χ0v) is 32.9. The Morgan fingerprint density at radius 2 is 0.341 bits per heavy atom. The second-order valence-corrected chi connectivity index (χ2v) is 20.0. The van der Waals surface area contributed by atoms with Crippen LogP contribution in [0.2, 0.25) is 0 Å². The summed E-state index contributed by atoms with van der Waals surface area (Å²) in [6, 6.07) is 0. The van der Waals surface area contributed by atoms with Gasteiger partial charge in [0.15, 0.2) is 0 Å². The van der Waals surface area contributed by atoms with Gasteiger partial charge in [0, 0.05) is 13.9 Å². The van der Waals surface area contributed by atoms with E-state index < -0.39 is 7.26 Å². The molecule has 0 nitrogen and oxygen atoms in total. The van der Waals surface area contributed by atoms with Gasteiger partial charge in [-0.05, 0) is 38.5 Å². The van der Waals surface area contributed by atoms with Crippen molar-refractivity contribution < 1.29 is 0 Å². The molecule has 0 aliphatic rings. The highest BCUT2D eigenvalue weighted by molar-refractivity contribution is 7.75. The lowest BCUT2D eigenvalue weighted by Gasteiger charge is -2.24. The summed E-state index contributed by atoms with van der Waals surface area (Å²) in [5.74, 6) is 0. The highest BCUT2D eigenvalue weighted by Gasteiger charge is 2.29. The number of unbranched alkanes of at least 4 members (excludes halogenated alkanes) is 33. The zero-order valence-electron chi connectivity index (χ0n) is 32.0. The van der Waals surface area contributed by atoms with Gasteiger partial charge in [0.2, 0.25) is 0 Å². The first kappa shape index (κ1) is 44.4. The van der Waals surface area contributed by atoms with Crippen LogP contribution in [0.15, 0.2) is 0 Å². The van der Waals surface area contributed by atoms with E-state index in [2.05, 4.69) is 27.4 Å². The van der Waals surface area contributed by atoms with Crippen molar-refractivity contribution in [3.8, 4) is 0 Å². The van der Waals surface area contributed by atoms with Crippen molar-refractivity contribution in [1.82, 2.24) is 0 Å². The highest BCUT2D eigenvalue weighted by atomic mass is 31.2. The fraction of sp³-hybridized carbons (Fsp3) is 1.00. The van der Waals surface area contributed by atoms with Gasteiger partial charge in [-0.25, -0.2) is 0 Å². The van der Waals surface area contributed by atoms with Gasteiger partial charge >= 0.3 is 0 Å². The predicted molar refractivity (Wildman–Crippen MR) is 211 cm³/mol. The topological polar surface area (TPSA) is 0 Å². The summed E-state index contributed by atoms with van der Waals surface area (Å²) in [6.45, 7) is 9.76. The number of rotatable bonds is 39. The Balaban J connectivity index is 4.06. The molecule has 0 bridgehead atoms. The normalized spacial score (nSPS) is 12.0. The van der Waals surface area contributed by atoms with Gasteiger partial charge in [-0.1, -0.05) is 213 Å². The Hall–Kier alpha value is 0.430. The molecule has 0 aliphatic heterocycles. The van der Waals surface area contributed by atoms with E-state index in [-0.39, 0.29) is 0 Å². The molecule has 1 heteroatoms. The molecule has 0 atom stereocenters. The van der Waals surface area contributed by atoms with Crippen molar-refractivity contribution in [2.45, 2.75) is 252 Å². The first-order chi connectivity index (χ1) is 21.7. The molecule has 0 heterocycles. The van der Waals surface area contributed by atoms with Gasteiger partial charge in [0.25, 0.3) is 0 Å². The molecule has 0 unspecified atom stereocenters. The summed E-state index contributed by atoms with van der Waals surface area (Å²) >= 11 is 0. The number of hydrogen-bond donors (Lipinski definition) is 0. The summed E-state index contributed by atoms with van der Waals surface area (Å²) in [6.07, 6.45) is 58.3. The Morgan fingerprint density at radius 3 is 0.500 bits per heavy atom. The lowest BCUT2D eigenvalue weighted by Crippen LogP contribution is -2.08. The van der Waals surface area contributed by atoms with Crippen LogP contribution in [0.5, 0.6) is 0 Å². The van der Waals surface area contributed by atoms with Crippen molar-refractivity contribution in [3.05, 3.63) is 0 Å². The van der Waals surface area contributed by atoms with Crippen LogP contribution in [0.4, 0.5) is 0 Å². The van der Waals surface area contributed by atoms with E-state index in [9.17, 15) is 0 Å². The quantitative estimate of drug-likeness (QED) is 0.0465. The van der Waals surface area contributed by atoms with E-state index in [1.54, 1.807) is 18.5 Å². The van der Waals surface area contributed by atoms with Crippen molar-refractivity contribution in [2.24, 2.45) is 0 Å². The Kier molecular flexibility index (Phi) is 38.3. The molecule has 266 valence electrons. The second kappa shape index (κ2) is 37.9. The first-order valence-corrected chi connectivity index (χ1v) is 24.3. The van der Waals surface area contributed by atoms with Gasteiger partial charge < -0.3 is 0 Å². The fourth-order valence-electron chi connectivity index (χ4n) is 7.34. The average Bonchev–Trinajstić information content (AvgIpc) is 3.02. The number of hydrogen-bond acceptors (Lipinski definition) is 0. The molecule has 0 N–H and O–H groups in total. The minimum atomic E-state index is -0.709. The molecule has 0 radical (unpaired) electrons. The monoisotopic (exact) mass is 638 g/mol. The molecule has 0 amide bonds. The maximum atomic E-state index is 2.79. The molecule has 0 fully saturated rings. The standard InChI is InChI=1S/C43H90P/c1-5-8-11-14-17-20-23-26-29-32-35-38-41-44(4,42-39-36-33-30-27-24-21-18-15-12-9-6-2)43-40-37-34-31-28-25-22-19-16-13-10-7-3/h5-43H2,1-4H3/q+1. The Labute approximate surface area is 283 Å². The van der Waals surface area contributed by atoms with Crippen molar-refractivity contribution in [1.29, 1.82) is 0 Å². The van der Waals surface area contributed by atoms with E-state index in [0.717, 1.165) is 0 Å². The van der Waals surface area contributed by atoms with Gasteiger partial charge in [0.05, 0.1) is 18.5 Å². The highest BCUT2D eigenvalue weighted by Crippen LogP contribution is 2.57. The van der Waals surface area contributed by atoms with E-state index in [0.29, 0.717) is 0 Å². The third-order valence-corrected chi connectivity index (χ3v) is 14.8. The van der Waals surface area contributed by atoms with Crippen LogP contribution in [-0.4, -0.2) is 25.2 Å². The average molecular weight is 638 g/mol. The zero-order chi connectivity index (χ0) is 32.1. The molecular weight excluding hydrogens is 547 g/mol. The molecule has 0 aliphatic carbocycles. The summed E-state index contributed by atoms with van der Waals surface area (Å²) < 4.78 is 0. The maximum Gasteiger partial charge on any atom is 0.0591 e. The minimum absolute atomic E-state index is 0.709. The summed E-state index contributed by atoms with van der Waals surface area (Å²) in [4.78, 5) is 0. The van der Waals surface area contributed by atoms with Crippen LogP contribution < -0.4 is 0 Å². The van der Waals surface area contributed by atoms with Crippen molar-refractivity contribution >= 4 is 7.26 Å². The molecular formula is C43H90P+. The molecule has 0 aromatic carbocycles. The summed E-state index contributed by atoms with van der Waals surface area (Å²) in [5, 5.41) is 0. The SMILES string of the molecule is CCCCCCCCCCCCCC[P+](C)(CCCCCCCCCCCCCC)CCCCCCCCCCCCCC. The van der Waals surface area contributed by atoms with Crippen LogP contribution >= 0.6 is 7.26 Å². The third kappa shape index (κ3) is 35.3. The van der Waals surface area contributed by atoms with Gasteiger partial charge in [-0.3, -0.25) is 0 Å². The second-order valence-electron chi connectivity index (χ2n) is 15.5. The van der Waals surface area contributed by atoms with Crippen LogP contribution in [0.1, 0.15) is 252 Å². The molecule has 0 spiro atoms. The molecule has 0 aromatic heterocycles. The molecule has 0 rings (SSSR count).